The highest BCUT2D eigenvalue weighted by Crippen LogP contribution is 2.26. The van der Waals surface area contributed by atoms with Gasteiger partial charge >= 0.3 is 0 Å². The molecule has 108 valence electrons. The molecule has 1 nitrogen and oxygen atoms in total. The highest BCUT2D eigenvalue weighted by molar-refractivity contribution is 4.76. The zero-order valence-electron chi connectivity index (χ0n) is 12.6. The number of nitrogens with two attached hydrogens (primary N) is 1. The van der Waals surface area contributed by atoms with E-state index in [1.54, 1.807) is 0 Å². The molecule has 0 radical (unpaired) electrons. The summed E-state index contributed by atoms with van der Waals surface area (Å²) in [4.78, 5) is 0. The van der Waals surface area contributed by atoms with Gasteiger partial charge < -0.3 is 5.73 Å². The van der Waals surface area contributed by atoms with Crippen LogP contribution in [0.1, 0.15) is 96.8 Å². The van der Waals surface area contributed by atoms with E-state index < -0.39 is 0 Å². The Morgan fingerprint density at radius 1 is 0.778 bits per heavy atom. The summed E-state index contributed by atoms with van der Waals surface area (Å²) >= 11 is 0. The summed E-state index contributed by atoms with van der Waals surface area (Å²) in [6.07, 6.45) is 19.8. The van der Waals surface area contributed by atoms with Crippen LogP contribution >= 0.6 is 0 Å². The Bertz CT molecular complexity index is 178. The van der Waals surface area contributed by atoms with Crippen molar-refractivity contribution in [2.24, 2.45) is 11.7 Å². The molecule has 1 heteroatoms. The fourth-order valence-electron chi connectivity index (χ4n) is 3.31. The van der Waals surface area contributed by atoms with Crippen LogP contribution in [-0.2, 0) is 0 Å². The smallest absolute Gasteiger partial charge is 0.00671 e. The number of hydrogen-bond acceptors (Lipinski definition) is 1. The number of unbranched alkanes of at least 4 members (excludes halogenated alkanes) is 7. The first kappa shape index (κ1) is 16.0. The van der Waals surface area contributed by atoms with Crippen molar-refractivity contribution >= 4 is 0 Å². The molecular formula is C17H35N. The largest absolute Gasteiger partial charge is 0.327 e. The molecule has 1 saturated carbocycles. The lowest BCUT2D eigenvalue weighted by Gasteiger charge is -2.21. The summed E-state index contributed by atoms with van der Waals surface area (Å²) in [6, 6.07) is 0.511. The van der Waals surface area contributed by atoms with E-state index in [0.717, 1.165) is 5.92 Å². The Morgan fingerprint density at radius 3 is 2.11 bits per heavy atom. The van der Waals surface area contributed by atoms with Crippen LogP contribution in [0.2, 0.25) is 0 Å². The normalized spacial score (nSPS) is 25.0. The van der Waals surface area contributed by atoms with Crippen molar-refractivity contribution in [3.05, 3.63) is 0 Å². The molecule has 0 saturated heterocycles. The van der Waals surface area contributed by atoms with Gasteiger partial charge in [0.15, 0.2) is 0 Å². The average Bonchev–Trinajstić information content (AvgIpc) is 2.58. The summed E-state index contributed by atoms with van der Waals surface area (Å²) in [5.41, 5.74) is 6.27. The van der Waals surface area contributed by atoms with E-state index in [1.807, 2.05) is 0 Å². The van der Waals surface area contributed by atoms with Gasteiger partial charge in [-0.3, -0.25) is 0 Å². The molecule has 18 heavy (non-hydrogen) atoms. The van der Waals surface area contributed by atoms with Crippen molar-refractivity contribution < 1.29 is 0 Å². The van der Waals surface area contributed by atoms with Crippen LogP contribution in [0.15, 0.2) is 0 Å². The van der Waals surface area contributed by atoms with E-state index >= 15 is 0 Å². The van der Waals surface area contributed by atoms with E-state index in [2.05, 4.69) is 6.92 Å². The number of rotatable bonds is 9. The second-order valence-electron chi connectivity index (χ2n) is 6.33. The fraction of sp³-hybridized carbons (Fsp3) is 1.00. The van der Waals surface area contributed by atoms with Crippen molar-refractivity contribution in [2.45, 2.75) is 103 Å². The van der Waals surface area contributed by atoms with Crippen LogP contribution in [0.5, 0.6) is 0 Å². The molecule has 0 aromatic carbocycles. The summed E-state index contributed by atoms with van der Waals surface area (Å²) in [7, 11) is 0. The Labute approximate surface area is 115 Å². The Kier molecular flexibility index (Phi) is 9.65. The monoisotopic (exact) mass is 253 g/mol. The van der Waals surface area contributed by atoms with E-state index in [4.69, 9.17) is 5.73 Å². The first-order chi connectivity index (χ1) is 8.84. The first-order valence-corrected chi connectivity index (χ1v) is 8.60. The third kappa shape index (κ3) is 7.41. The molecule has 0 aromatic heterocycles. The maximum Gasteiger partial charge on any atom is 0.00671 e. The van der Waals surface area contributed by atoms with Gasteiger partial charge in [0, 0.05) is 6.04 Å². The van der Waals surface area contributed by atoms with Crippen LogP contribution in [0.4, 0.5) is 0 Å². The van der Waals surface area contributed by atoms with Gasteiger partial charge in [0.25, 0.3) is 0 Å². The molecule has 2 unspecified atom stereocenters. The van der Waals surface area contributed by atoms with Gasteiger partial charge in [-0.25, -0.2) is 0 Å². The third-order valence-electron chi connectivity index (χ3n) is 4.65. The predicted octanol–water partition coefficient (Wildman–Crippen LogP) is 5.42. The minimum absolute atomic E-state index is 0.511. The van der Waals surface area contributed by atoms with Crippen molar-refractivity contribution in [3.63, 3.8) is 0 Å². The van der Waals surface area contributed by atoms with Crippen molar-refractivity contribution in [1.82, 2.24) is 0 Å². The molecule has 1 rings (SSSR count). The van der Waals surface area contributed by atoms with E-state index in [9.17, 15) is 0 Å². The van der Waals surface area contributed by atoms with Gasteiger partial charge in [0.05, 0.1) is 0 Å². The highest BCUT2D eigenvalue weighted by Gasteiger charge is 2.19. The van der Waals surface area contributed by atoms with E-state index in [-0.39, 0.29) is 0 Å². The zero-order valence-corrected chi connectivity index (χ0v) is 12.6. The zero-order chi connectivity index (χ0) is 13.1. The standard InChI is InChI=1S/C17H35N/c1-2-3-4-5-6-7-8-10-13-16-14-11-9-12-15-17(16)18/h16-17H,2-15,18H2,1H3. The highest BCUT2D eigenvalue weighted by atomic mass is 14.6. The lowest BCUT2D eigenvalue weighted by molar-refractivity contribution is 0.357. The van der Waals surface area contributed by atoms with Gasteiger partial charge in [-0.2, -0.15) is 0 Å². The summed E-state index contributed by atoms with van der Waals surface area (Å²) in [5, 5.41) is 0. The lowest BCUT2D eigenvalue weighted by atomic mass is 9.90. The minimum Gasteiger partial charge on any atom is -0.327 e. The molecule has 0 heterocycles. The second kappa shape index (κ2) is 10.8. The Morgan fingerprint density at radius 2 is 1.39 bits per heavy atom. The van der Waals surface area contributed by atoms with Crippen LogP contribution in [0.3, 0.4) is 0 Å². The predicted molar refractivity (Wildman–Crippen MR) is 81.8 cm³/mol. The molecule has 2 N–H and O–H groups in total. The number of hydrogen-bond donors (Lipinski definition) is 1. The minimum atomic E-state index is 0.511. The molecule has 1 fully saturated rings. The molecule has 1 aliphatic carbocycles. The van der Waals surface area contributed by atoms with Crippen LogP contribution in [-0.4, -0.2) is 6.04 Å². The Hall–Kier alpha value is -0.0400. The molecule has 0 amide bonds. The van der Waals surface area contributed by atoms with Gasteiger partial charge in [-0.15, -0.1) is 0 Å². The van der Waals surface area contributed by atoms with Gasteiger partial charge in [-0.05, 0) is 25.2 Å². The van der Waals surface area contributed by atoms with Crippen LogP contribution < -0.4 is 5.73 Å². The third-order valence-corrected chi connectivity index (χ3v) is 4.65. The molecular weight excluding hydrogens is 218 g/mol. The van der Waals surface area contributed by atoms with Crippen LogP contribution in [0.25, 0.3) is 0 Å². The van der Waals surface area contributed by atoms with E-state index in [0.29, 0.717) is 6.04 Å². The lowest BCUT2D eigenvalue weighted by Crippen LogP contribution is -2.28. The summed E-state index contributed by atoms with van der Waals surface area (Å²) in [6.45, 7) is 2.29. The SMILES string of the molecule is CCCCCCCCCCC1CCCCCC1N. The van der Waals surface area contributed by atoms with Gasteiger partial charge in [-0.1, -0.05) is 77.6 Å². The summed E-state index contributed by atoms with van der Waals surface area (Å²) in [5.74, 6) is 0.840. The topological polar surface area (TPSA) is 26.0 Å². The first-order valence-electron chi connectivity index (χ1n) is 8.60. The molecule has 1 aliphatic rings. The quantitative estimate of drug-likeness (QED) is 0.430. The Balaban J connectivity index is 1.93. The second-order valence-corrected chi connectivity index (χ2v) is 6.33. The van der Waals surface area contributed by atoms with Crippen molar-refractivity contribution in [2.75, 3.05) is 0 Å². The molecule has 2 atom stereocenters. The maximum atomic E-state index is 6.27. The molecule has 0 aromatic rings. The maximum absolute atomic E-state index is 6.27. The average molecular weight is 253 g/mol. The molecule has 0 spiro atoms. The van der Waals surface area contributed by atoms with Crippen molar-refractivity contribution in [1.29, 1.82) is 0 Å². The van der Waals surface area contributed by atoms with Gasteiger partial charge in [0.1, 0.15) is 0 Å². The summed E-state index contributed by atoms with van der Waals surface area (Å²) < 4.78 is 0. The fourth-order valence-corrected chi connectivity index (χ4v) is 3.31. The van der Waals surface area contributed by atoms with E-state index in [1.165, 1.54) is 89.9 Å². The van der Waals surface area contributed by atoms with Gasteiger partial charge in [0.2, 0.25) is 0 Å². The van der Waals surface area contributed by atoms with Crippen LogP contribution in [0, 0.1) is 5.92 Å². The molecule has 0 aliphatic heterocycles. The molecule has 0 bridgehead atoms. The van der Waals surface area contributed by atoms with Crippen molar-refractivity contribution in [3.8, 4) is 0 Å².